The molecule has 0 amide bonds. The van der Waals surface area contributed by atoms with Gasteiger partial charge in [-0.25, -0.2) is 0 Å². The van der Waals surface area contributed by atoms with Crippen LogP contribution in [0.15, 0.2) is 33.7 Å². The lowest BCUT2D eigenvalue weighted by Gasteiger charge is -2.11. The van der Waals surface area contributed by atoms with E-state index >= 15 is 0 Å². The Morgan fingerprint density at radius 1 is 1.35 bits per heavy atom. The number of ether oxygens (including phenoxy) is 1. The summed E-state index contributed by atoms with van der Waals surface area (Å²) >= 11 is 7.01. The van der Waals surface area contributed by atoms with Crippen molar-refractivity contribution in [3.63, 3.8) is 0 Å². The highest BCUT2D eigenvalue weighted by Crippen LogP contribution is 2.34. The second kappa shape index (κ2) is 8.97. The van der Waals surface area contributed by atoms with Crippen LogP contribution in [0.5, 0.6) is 5.75 Å². The van der Waals surface area contributed by atoms with E-state index in [4.69, 9.17) is 4.74 Å². The van der Waals surface area contributed by atoms with E-state index < -0.39 is 0 Å². The Kier molecular flexibility index (Phi) is 8.96. The molecule has 0 aliphatic rings. The van der Waals surface area contributed by atoms with Crippen LogP contribution in [0.2, 0.25) is 0 Å². The molecule has 1 N–H and O–H groups in total. The molecule has 1 rings (SSSR count). The molecule has 0 spiro atoms. The largest absolute Gasteiger partial charge is 0.492 e. The molecule has 0 heterocycles. The molecule has 5 heteroatoms. The van der Waals surface area contributed by atoms with Gasteiger partial charge in [-0.2, -0.15) is 0 Å². The molecule has 0 aliphatic heterocycles. The van der Waals surface area contributed by atoms with Gasteiger partial charge in [-0.1, -0.05) is 6.08 Å². The van der Waals surface area contributed by atoms with Gasteiger partial charge in [0, 0.05) is 13.1 Å². The maximum atomic E-state index is 5.52. The lowest BCUT2D eigenvalue weighted by molar-refractivity contribution is 0.336. The summed E-state index contributed by atoms with van der Waals surface area (Å²) in [5.74, 6) is 0.856. The zero-order chi connectivity index (χ0) is 12.0. The van der Waals surface area contributed by atoms with Crippen molar-refractivity contribution < 1.29 is 4.74 Å². The van der Waals surface area contributed by atoms with Crippen molar-refractivity contribution >= 4 is 44.3 Å². The minimum atomic E-state index is 0. The van der Waals surface area contributed by atoms with Crippen LogP contribution in [0.1, 0.15) is 12.5 Å². The zero-order valence-electron chi connectivity index (χ0n) is 9.63. The van der Waals surface area contributed by atoms with Gasteiger partial charge in [-0.15, -0.1) is 19.0 Å². The van der Waals surface area contributed by atoms with Crippen molar-refractivity contribution in [2.45, 2.75) is 13.5 Å². The number of rotatable bonds is 6. The van der Waals surface area contributed by atoms with Gasteiger partial charge in [0.2, 0.25) is 0 Å². The van der Waals surface area contributed by atoms with Crippen LogP contribution in [0.25, 0.3) is 0 Å². The number of halogens is 3. The average Bonchev–Trinajstić information content (AvgIpc) is 2.24. The Balaban J connectivity index is 0.00000256. The summed E-state index contributed by atoms with van der Waals surface area (Å²) in [4.78, 5) is 0. The molecular formula is C12H16Br2ClNO. The Labute approximate surface area is 125 Å². The van der Waals surface area contributed by atoms with Gasteiger partial charge >= 0.3 is 0 Å². The first kappa shape index (κ1) is 17.0. The predicted molar refractivity (Wildman–Crippen MR) is 82.2 cm³/mol. The first-order chi connectivity index (χ1) is 7.69. The van der Waals surface area contributed by atoms with Gasteiger partial charge in [0.15, 0.2) is 0 Å². The molecule has 0 saturated heterocycles. The average molecular weight is 386 g/mol. The third-order valence-electron chi connectivity index (χ3n) is 1.96. The molecule has 1 aromatic carbocycles. The van der Waals surface area contributed by atoms with E-state index in [0.717, 1.165) is 27.8 Å². The third kappa shape index (κ3) is 5.42. The van der Waals surface area contributed by atoms with Crippen LogP contribution in [0, 0.1) is 0 Å². The van der Waals surface area contributed by atoms with Crippen molar-refractivity contribution in [2.75, 3.05) is 13.2 Å². The third-order valence-corrected chi connectivity index (χ3v) is 3.14. The molecule has 0 radical (unpaired) electrons. The van der Waals surface area contributed by atoms with Gasteiger partial charge in [0.1, 0.15) is 5.75 Å². The van der Waals surface area contributed by atoms with Gasteiger partial charge in [-0.05, 0) is 56.5 Å². The zero-order valence-corrected chi connectivity index (χ0v) is 13.6. The Hall–Kier alpha value is -0.0300. The Morgan fingerprint density at radius 2 is 1.94 bits per heavy atom. The van der Waals surface area contributed by atoms with Crippen LogP contribution < -0.4 is 10.1 Å². The lowest BCUT2D eigenvalue weighted by atomic mass is 10.2. The van der Waals surface area contributed by atoms with Gasteiger partial charge in [0.05, 0.1) is 15.6 Å². The lowest BCUT2D eigenvalue weighted by Crippen LogP contribution is -2.12. The van der Waals surface area contributed by atoms with Gasteiger partial charge < -0.3 is 10.1 Å². The second-order valence-electron chi connectivity index (χ2n) is 3.24. The van der Waals surface area contributed by atoms with Crippen LogP contribution >= 0.6 is 44.3 Å². The summed E-state index contributed by atoms with van der Waals surface area (Å²) in [6.45, 7) is 7.92. The molecule has 0 saturated carbocycles. The van der Waals surface area contributed by atoms with E-state index in [0.29, 0.717) is 6.61 Å². The highest BCUT2D eigenvalue weighted by Gasteiger charge is 2.07. The van der Waals surface area contributed by atoms with E-state index in [1.165, 1.54) is 5.56 Å². The standard InChI is InChI=1S/C12H15Br2NO.ClH/c1-3-5-15-8-9-6-10(13)12(16-4-2)11(14)7-9;/h3,6-7,15H,1,4-5,8H2,2H3;1H. The Bertz CT molecular complexity index is 349. The van der Waals surface area contributed by atoms with E-state index in [9.17, 15) is 0 Å². The summed E-state index contributed by atoms with van der Waals surface area (Å²) in [5, 5.41) is 3.26. The summed E-state index contributed by atoms with van der Waals surface area (Å²) in [7, 11) is 0. The predicted octanol–water partition coefficient (Wildman–Crippen LogP) is 4.31. The van der Waals surface area contributed by atoms with Crippen molar-refractivity contribution in [1.82, 2.24) is 5.32 Å². The molecule has 0 fully saturated rings. The van der Waals surface area contributed by atoms with Crippen molar-refractivity contribution in [3.05, 3.63) is 39.3 Å². The molecule has 2 nitrogen and oxygen atoms in total. The fourth-order valence-electron chi connectivity index (χ4n) is 1.32. The van der Waals surface area contributed by atoms with Gasteiger partial charge in [0.25, 0.3) is 0 Å². The smallest absolute Gasteiger partial charge is 0.147 e. The van der Waals surface area contributed by atoms with Crippen LogP contribution in [0.4, 0.5) is 0 Å². The van der Waals surface area contributed by atoms with Crippen LogP contribution in [-0.4, -0.2) is 13.2 Å². The second-order valence-corrected chi connectivity index (χ2v) is 4.95. The molecule has 0 aromatic heterocycles. The topological polar surface area (TPSA) is 21.3 Å². The molecule has 1 aromatic rings. The first-order valence-corrected chi connectivity index (χ1v) is 6.70. The number of nitrogens with one attached hydrogen (secondary N) is 1. The van der Waals surface area contributed by atoms with E-state index in [2.05, 4.69) is 55.9 Å². The molecule has 0 aliphatic carbocycles. The fraction of sp³-hybridized carbons (Fsp3) is 0.333. The molecule has 17 heavy (non-hydrogen) atoms. The number of hydrogen-bond acceptors (Lipinski definition) is 2. The van der Waals surface area contributed by atoms with Crippen molar-refractivity contribution in [2.24, 2.45) is 0 Å². The number of hydrogen-bond donors (Lipinski definition) is 1. The molecule has 96 valence electrons. The summed E-state index contributed by atoms with van der Waals surface area (Å²) in [5.41, 5.74) is 1.20. The molecule has 0 unspecified atom stereocenters. The van der Waals surface area contributed by atoms with Crippen LogP contribution in [0.3, 0.4) is 0 Å². The van der Waals surface area contributed by atoms with Gasteiger partial charge in [-0.3, -0.25) is 0 Å². The molecule has 0 bridgehead atoms. The fourth-order valence-corrected chi connectivity index (χ4v) is 2.83. The molecular weight excluding hydrogens is 369 g/mol. The minimum Gasteiger partial charge on any atom is -0.492 e. The maximum Gasteiger partial charge on any atom is 0.147 e. The normalized spacial score (nSPS) is 9.59. The maximum absolute atomic E-state index is 5.52. The van der Waals surface area contributed by atoms with Crippen LogP contribution in [-0.2, 0) is 6.54 Å². The SMILES string of the molecule is C=CCNCc1cc(Br)c(OCC)c(Br)c1.Cl. The van der Waals surface area contributed by atoms with Crippen molar-refractivity contribution in [1.29, 1.82) is 0 Å². The van der Waals surface area contributed by atoms with E-state index in [1.54, 1.807) is 0 Å². The van der Waals surface area contributed by atoms with Crippen molar-refractivity contribution in [3.8, 4) is 5.75 Å². The molecule has 0 atom stereocenters. The Morgan fingerprint density at radius 3 is 2.41 bits per heavy atom. The quantitative estimate of drug-likeness (QED) is 0.582. The summed E-state index contributed by atoms with van der Waals surface area (Å²) in [6.07, 6.45) is 1.85. The first-order valence-electron chi connectivity index (χ1n) is 5.11. The highest BCUT2D eigenvalue weighted by molar-refractivity contribution is 9.11. The van der Waals surface area contributed by atoms with E-state index in [1.807, 2.05) is 13.0 Å². The summed E-state index contributed by atoms with van der Waals surface area (Å²) in [6, 6.07) is 4.12. The number of benzene rings is 1. The highest BCUT2D eigenvalue weighted by atomic mass is 79.9. The minimum absolute atomic E-state index is 0. The summed E-state index contributed by atoms with van der Waals surface area (Å²) < 4.78 is 7.46. The monoisotopic (exact) mass is 383 g/mol. The van der Waals surface area contributed by atoms with E-state index in [-0.39, 0.29) is 12.4 Å².